The minimum atomic E-state index is -0.744. The second-order valence-corrected chi connectivity index (χ2v) is 5.18. The molecule has 0 heterocycles. The minimum Gasteiger partial charge on any atom is -0.385 e. The van der Waals surface area contributed by atoms with Gasteiger partial charge in [-0.25, -0.2) is 0 Å². The van der Waals surface area contributed by atoms with Crippen LogP contribution < -0.4 is 5.32 Å². The van der Waals surface area contributed by atoms with Crippen LogP contribution in [0.25, 0.3) is 0 Å². The van der Waals surface area contributed by atoms with E-state index >= 15 is 0 Å². The van der Waals surface area contributed by atoms with Gasteiger partial charge in [0.25, 0.3) is 0 Å². The first-order chi connectivity index (χ1) is 5.62. The van der Waals surface area contributed by atoms with Crippen molar-refractivity contribution in [3.05, 3.63) is 11.6 Å². The molecule has 0 rings (SSSR count). The quantitative estimate of drug-likeness (QED) is 0.660. The summed E-state index contributed by atoms with van der Waals surface area (Å²) in [5.41, 5.74) is 0.451. The summed E-state index contributed by atoms with van der Waals surface area (Å²) < 4.78 is 0. The monoisotopic (exact) mass is 185 g/mol. The van der Waals surface area contributed by atoms with Crippen LogP contribution >= 0.6 is 0 Å². The highest BCUT2D eigenvalue weighted by atomic mass is 16.3. The molecule has 0 spiro atoms. The molecule has 0 aromatic rings. The van der Waals surface area contributed by atoms with E-state index in [0.29, 0.717) is 6.54 Å². The van der Waals surface area contributed by atoms with Crippen LogP contribution in [0.5, 0.6) is 0 Å². The molecule has 2 heteroatoms. The van der Waals surface area contributed by atoms with Gasteiger partial charge in [-0.1, -0.05) is 11.6 Å². The van der Waals surface area contributed by atoms with E-state index in [9.17, 15) is 5.11 Å². The van der Waals surface area contributed by atoms with E-state index in [0.717, 1.165) is 5.57 Å². The Morgan fingerprint density at radius 3 is 2.00 bits per heavy atom. The number of β-amino-alcohol motifs (C(OH)–C–C–N with tert-alkyl or cyclic N) is 1. The summed E-state index contributed by atoms with van der Waals surface area (Å²) in [5.74, 6) is 0. The average molecular weight is 185 g/mol. The fourth-order valence-corrected chi connectivity index (χ4v) is 1.12. The highest BCUT2D eigenvalue weighted by molar-refractivity contribution is 5.06. The van der Waals surface area contributed by atoms with Gasteiger partial charge in [-0.3, -0.25) is 0 Å². The fraction of sp³-hybridized carbons (Fsp3) is 0.818. The maximum atomic E-state index is 9.91. The van der Waals surface area contributed by atoms with Crippen molar-refractivity contribution in [2.75, 3.05) is 6.54 Å². The van der Waals surface area contributed by atoms with E-state index in [2.05, 4.69) is 26.1 Å². The lowest BCUT2D eigenvalue weighted by Crippen LogP contribution is -2.45. The molecule has 0 amide bonds. The van der Waals surface area contributed by atoms with Crippen LogP contribution in [0.4, 0.5) is 0 Å². The van der Waals surface area contributed by atoms with Gasteiger partial charge >= 0.3 is 0 Å². The topological polar surface area (TPSA) is 32.3 Å². The molecule has 0 aromatic heterocycles. The molecule has 1 unspecified atom stereocenters. The van der Waals surface area contributed by atoms with Gasteiger partial charge in [-0.15, -0.1) is 0 Å². The molecule has 0 saturated carbocycles. The van der Waals surface area contributed by atoms with E-state index in [4.69, 9.17) is 0 Å². The van der Waals surface area contributed by atoms with E-state index in [-0.39, 0.29) is 5.54 Å². The smallest absolute Gasteiger partial charge is 0.0926 e. The van der Waals surface area contributed by atoms with Crippen LogP contribution in [0.2, 0.25) is 0 Å². The SMILES string of the molecule is CC(C)=CC(C)(O)CNC(C)(C)C. The summed E-state index contributed by atoms with van der Waals surface area (Å²) in [4.78, 5) is 0. The number of hydrogen-bond acceptors (Lipinski definition) is 2. The highest BCUT2D eigenvalue weighted by Gasteiger charge is 2.19. The van der Waals surface area contributed by atoms with Gasteiger partial charge in [-0.2, -0.15) is 0 Å². The molecule has 1 atom stereocenters. The van der Waals surface area contributed by atoms with E-state index in [1.54, 1.807) is 0 Å². The molecule has 2 nitrogen and oxygen atoms in total. The third kappa shape index (κ3) is 8.00. The van der Waals surface area contributed by atoms with Crippen molar-refractivity contribution >= 4 is 0 Å². The summed E-state index contributed by atoms with van der Waals surface area (Å²) in [5, 5.41) is 13.2. The second-order valence-electron chi connectivity index (χ2n) is 5.18. The van der Waals surface area contributed by atoms with Crippen LogP contribution in [0, 0.1) is 0 Å². The fourth-order valence-electron chi connectivity index (χ4n) is 1.12. The molecule has 78 valence electrons. The van der Waals surface area contributed by atoms with Gasteiger partial charge in [0.2, 0.25) is 0 Å². The van der Waals surface area contributed by atoms with Crippen molar-refractivity contribution in [2.24, 2.45) is 0 Å². The molecule has 0 radical (unpaired) electrons. The molecule has 0 bridgehead atoms. The number of rotatable bonds is 3. The Hall–Kier alpha value is -0.340. The average Bonchev–Trinajstić information content (AvgIpc) is 1.79. The zero-order chi connectivity index (χ0) is 10.7. The van der Waals surface area contributed by atoms with Crippen LogP contribution in [0.15, 0.2) is 11.6 Å². The molecule has 0 aromatic carbocycles. The van der Waals surface area contributed by atoms with Gasteiger partial charge in [0.1, 0.15) is 0 Å². The third-order valence-corrected chi connectivity index (χ3v) is 1.58. The summed E-state index contributed by atoms with van der Waals surface area (Å²) in [6.07, 6.45) is 1.88. The Labute approximate surface area is 82.0 Å². The molecule has 0 saturated heterocycles. The normalized spacial score (nSPS) is 16.5. The molecule has 0 fully saturated rings. The molecule has 2 N–H and O–H groups in total. The lowest BCUT2D eigenvalue weighted by Gasteiger charge is -2.27. The van der Waals surface area contributed by atoms with Crippen LogP contribution in [-0.2, 0) is 0 Å². The van der Waals surface area contributed by atoms with Crippen molar-refractivity contribution in [1.29, 1.82) is 0 Å². The predicted octanol–water partition coefficient (Wildman–Crippen LogP) is 2.09. The first kappa shape index (κ1) is 12.7. The largest absolute Gasteiger partial charge is 0.385 e. The lowest BCUT2D eigenvalue weighted by atomic mass is 10.0. The molecular formula is C11H23NO. The summed E-state index contributed by atoms with van der Waals surface area (Å²) >= 11 is 0. The summed E-state index contributed by atoms with van der Waals surface area (Å²) in [7, 11) is 0. The Bertz CT molecular complexity index is 183. The lowest BCUT2D eigenvalue weighted by molar-refractivity contribution is 0.101. The van der Waals surface area contributed by atoms with E-state index in [1.807, 2.05) is 26.8 Å². The van der Waals surface area contributed by atoms with Crippen molar-refractivity contribution in [3.63, 3.8) is 0 Å². The highest BCUT2D eigenvalue weighted by Crippen LogP contribution is 2.09. The van der Waals surface area contributed by atoms with Crippen molar-refractivity contribution in [3.8, 4) is 0 Å². The third-order valence-electron chi connectivity index (χ3n) is 1.58. The van der Waals surface area contributed by atoms with Crippen LogP contribution in [0.3, 0.4) is 0 Å². The van der Waals surface area contributed by atoms with Gasteiger partial charge in [-0.05, 0) is 41.5 Å². The van der Waals surface area contributed by atoms with Crippen LogP contribution in [0.1, 0.15) is 41.5 Å². The van der Waals surface area contributed by atoms with Gasteiger partial charge < -0.3 is 10.4 Å². The predicted molar refractivity (Wildman–Crippen MR) is 57.8 cm³/mol. The number of aliphatic hydroxyl groups is 1. The Kier molecular flexibility index (Phi) is 4.14. The maximum Gasteiger partial charge on any atom is 0.0926 e. The van der Waals surface area contributed by atoms with E-state index < -0.39 is 5.60 Å². The van der Waals surface area contributed by atoms with Crippen LogP contribution in [-0.4, -0.2) is 22.8 Å². The number of hydrogen-bond donors (Lipinski definition) is 2. The Morgan fingerprint density at radius 2 is 1.69 bits per heavy atom. The van der Waals surface area contributed by atoms with Crippen molar-refractivity contribution < 1.29 is 5.11 Å². The molecule has 0 aliphatic carbocycles. The molecule has 0 aliphatic heterocycles. The zero-order valence-corrected chi connectivity index (χ0v) is 9.73. The first-order valence-electron chi connectivity index (χ1n) is 4.76. The minimum absolute atomic E-state index is 0.0550. The zero-order valence-electron chi connectivity index (χ0n) is 9.73. The van der Waals surface area contributed by atoms with Crippen molar-refractivity contribution in [1.82, 2.24) is 5.32 Å². The number of allylic oxidation sites excluding steroid dienone is 1. The first-order valence-corrected chi connectivity index (χ1v) is 4.76. The van der Waals surface area contributed by atoms with Crippen molar-refractivity contribution in [2.45, 2.75) is 52.7 Å². The Morgan fingerprint density at radius 1 is 1.23 bits per heavy atom. The maximum absolute atomic E-state index is 9.91. The molecular weight excluding hydrogens is 162 g/mol. The molecule has 13 heavy (non-hydrogen) atoms. The standard InChI is InChI=1S/C11H23NO/c1-9(2)7-11(6,13)8-12-10(3,4)5/h7,12-13H,8H2,1-6H3. The van der Waals surface area contributed by atoms with Gasteiger partial charge in [0.15, 0.2) is 0 Å². The second kappa shape index (κ2) is 4.25. The summed E-state index contributed by atoms with van der Waals surface area (Å²) in [6.45, 7) is 12.7. The van der Waals surface area contributed by atoms with Gasteiger partial charge in [0.05, 0.1) is 5.60 Å². The number of nitrogens with one attached hydrogen (secondary N) is 1. The summed E-state index contributed by atoms with van der Waals surface area (Å²) in [6, 6.07) is 0. The van der Waals surface area contributed by atoms with E-state index in [1.165, 1.54) is 0 Å². The Balaban J connectivity index is 4.12. The molecule has 0 aliphatic rings. The van der Waals surface area contributed by atoms with Gasteiger partial charge in [0, 0.05) is 12.1 Å².